The number of hydrogen-bond acceptors (Lipinski definition) is 7. The number of primary amides is 1. The fraction of sp³-hybridized carbons (Fsp3) is 0.520. The third-order valence-electron chi connectivity index (χ3n) is 6.05. The van der Waals surface area contributed by atoms with E-state index in [-0.39, 0.29) is 31.4 Å². The summed E-state index contributed by atoms with van der Waals surface area (Å²) in [4.78, 5) is 54.5. The lowest BCUT2D eigenvalue weighted by Crippen LogP contribution is -2.50. The zero-order valence-electron chi connectivity index (χ0n) is 20.8. The number of ether oxygens (including phenoxy) is 2. The van der Waals surface area contributed by atoms with Crippen molar-refractivity contribution in [2.24, 2.45) is 5.73 Å². The monoisotopic (exact) mass is 486 g/mol. The Bertz CT molecular complexity index is 1020. The minimum absolute atomic E-state index is 0.0446. The Morgan fingerprint density at radius 1 is 1.11 bits per heavy atom. The van der Waals surface area contributed by atoms with Crippen LogP contribution in [0.4, 0.5) is 10.5 Å². The van der Waals surface area contributed by atoms with E-state index in [9.17, 15) is 19.2 Å². The number of nitrogens with zero attached hydrogens (tertiary/aromatic N) is 3. The first kappa shape index (κ1) is 26.1. The Kier molecular flexibility index (Phi) is 7.72. The molecule has 2 aliphatic rings. The van der Waals surface area contributed by atoms with E-state index in [0.29, 0.717) is 37.3 Å². The number of nitrogens with two attached hydrogens (primary N) is 1. The molecule has 10 nitrogen and oxygen atoms in total. The fourth-order valence-corrected chi connectivity index (χ4v) is 4.27. The summed E-state index contributed by atoms with van der Waals surface area (Å²) in [5, 5.41) is 0. The van der Waals surface area contributed by atoms with Crippen molar-refractivity contribution in [2.75, 3.05) is 44.7 Å². The number of rotatable bonds is 6. The van der Waals surface area contributed by atoms with E-state index in [4.69, 9.17) is 15.2 Å². The standard InChI is InChI=1S/C25H34N4O6/c1-16-15-29(20(23(32)34-5)8-9-21(26)30)22(31)18-7-6-17(14-19(16)18)27-10-12-28(13-11-27)24(33)35-25(2,3)4/h6-7,14,20H,1,8-13,15H2,2-5H3,(H2,26,30). The van der Waals surface area contributed by atoms with Crippen LogP contribution >= 0.6 is 0 Å². The molecule has 2 N–H and O–H groups in total. The molecule has 10 heteroatoms. The van der Waals surface area contributed by atoms with Crippen molar-refractivity contribution in [1.82, 2.24) is 9.80 Å². The van der Waals surface area contributed by atoms with E-state index in [1.54, 1.807) is 11.0 Å². The lowest BCUT2D eigenvalue weighted by Gasteiger charge is -2.38. The summed E-state index contributed by atoms with van der Waals surface area (Å²) in [5.41, 5.74) is 7.46. The summed E-state index contributed by atoms with van der Waals surface area (Å²) in [6.45, 7) is 12.1. The third-order valence-corrected chi connectivity index (χ3v) is 6.05. The Hall–Kier alpha value is -3.56. The molecule has 1 saturated heterocycles. The Balaban J connectivity index is 1.74. The summed E-state index contributed by atoms with van der Waals surface area (Å²) in [7, 11) is 1.24. The van der Waals surface area contributed by atoms with E-state index in [2.05, 4.69) is 11.5 Å². The molecule has 190 valence electrons. The van der Waals surface area contributed by atoms with E-state index in [0.717, 1.165) is 11.3 Å². The van der Waals surface area contributed by atoms with Crippen molar-refractivity contribution >= 4 is 35.1 Å². The normalized spacial score (nSPS) is 17.1. The Labute approximate surface area is 205 Å². The van der Waals surface area contributed by atoms with Gasteiger partial charge in [0.25, 0.3) is 5.91 Å². The highest BCUT2D eigenvalue weighted by Gasteiger charge is 2.36. The van der Waals surface area contributed by atoms with Crippen LogP contribution in [0.1, 0.15) is 49.5 Å². The number of piperazine rings is 1. The lowest BCUT2D eigenvalue weighted by atomic mass is 9.92. The second-order valence-electron chi connectivity index (χ2n) is 9.76. The predicted octanol–water partition coefficient (Wildman–Crippen LogP) is 2.02. The number of carbonyl (C=O) groups is 4. The molecule has 1 atom stereocenters. The zero-order valence-corrected chi connectivity index (χ0v) is 20.8. The maximum atomic E-state index is 13.3. The molecular weight excluding hydrogens is 452 g/mol. The summed E-state index contributed by atoms with van der Waals surface area (Å²) < 4.78 is 10.3. The van der Waals surface area contributed by atoms with Crippen LogP contribution in [0.15, 0.2) is 24.8 Å². The topological polar surface area (TPSA) is 122 Å². The van der Waals surface area contributed by atoms with Crippen molar-refractivity contribution in [3.8, 4) is 0 Å². The molecule has 0 aromatic heterocycles. The molecule has 3 amide bonds. The van der Waals surface area contributed by atoms with Crippen molar-refractivity contribution in [3.05, 3.63) is 35.9 Å². The molecule has 1 fully saturated rings. The molecule has 0 spiro atoms. The highest BCUT2D eigenvalue weighted by atomic mass is 16.6. The minimum atomic E-state index is -0.925. The molecule has 2 aliphatic heterocycles. The van der Waals surface area contributed by atoms with Gasteiger partial charge in [-0.25, -0.2) is 9.59 Å². The van der Waals surface area contributed by atoms with Gasteiger partial charge in [-0.3, -0.25) is 9.59 Å². The summed E-state index contributed by atoms with van der Waals surface area (Å²) in [6.07, 6.45) is -0.286. The maximum absolute atomic E-state index is 13.3. The molecule has 0 saturated carbocycles. The van der Waals surface area contributed by atoms with Gasteiger partial charge in [-0.15, -0.1) is 0 Å². The van der Waals surface area contributed by atoms with Gasteiger partial charge in [0.05, 0.1) is 7.11 Å². The average molecular weight is 487 g/mol. The van der Waals surface area contributed by atoms with Crippen LogP contribution in [0.25, 0.3) is 5.57 Å². The highest BCUT2D eigenvalue weighted by molar-refractivity contribution is 6.05. The van der Waals surface area contributed by atoms with Crippen molar-refractivity contribution < 1.29 is 28.7 Å². The van der Waals surface area contributed by atoms with Crippen LogP contribution < -0.4 is 10.6 Å². The molecule has 1 aromatic rings. The summed E-state index contributed by atoms with van der Waals surface area (Å²) >= 11 is 0. The SMILES string of the molecule is C=C1CN(C(CCC(N)=O)C(=O)OC)C(=O)c2ccc(N3CCN(C(=O)OC(C)(C)C)CC3)cc21. The van der Waals surface area contributed by atoms with Gasteiger partial charge in [0.1, 0.15) is 11.6 Å². The number of fused-ring (bicyclic) bond motifs is 1. The van der Waals surface area contributed by atoms with Crippen LogP contribution in [-0.4, -0.2) is 85.2 Å². The number of methoxy groups -OCH3 is 1. The molecule has 0 bridgehead atoms. The number of hydrogen-bond donors (Lipinski definition) is 1. The molecule has 3 rings (SSSR count). The molecule has 2 heterocycles. The highest BCUT2D eigenvalue weighted by Crippen LogP contribution is 2.32. The number of anilines is 1. The Morgan fingerprint density at radius 3 is 2.34 bits per heavy atom. The smallest absolute Gasteiger partial charge is 0.410 e. The second-order valence-corrected chi connectivity index (χ2v) is 9.76. The number of amides is 3. The summed E-state index contributed by atoms with van der Waals surface area (Å²) in [6, 6.07) is 4.58. The third kappa shape index (κ3) is 6.12. The zero-order chi connectivity index (χ0) is 25.9. The van der Waals surface area contributed by atoms with Crippen LogP contribution in [0, 0.1) is 0 Å². The van der Waals surface area contributed by atoms with Gasteiger partial charge in [-0.05, 0) is 56.5 Å². The van der Waals surface area contributed by atoms with Gasteiger partial charge < -0.3 is 29.9 Å². The summed E-state index contributed by atoms with van der Waals surface area (Å²) in [5.74, 6) is -1.48. The number of esters is 1. The van der Waals surface area contributed by atoms with Crippen molar-refractivity contribution in [1.29, 1.82) is 0 Å². The largest absolute Gasteiger partial charge is 0.467 e. The van der Waals surface area contributed by atoms with Gasteiger partial charge in [0.15, 0.2) is 0 Å². The first-order valence-corrected chi connectivity index (χ1v) is 11.6. The van der Waals surface area contributed by atoms with E-state index >= 15 is 0 Å². The molecular formula is C25H34N4O6. The van der Waals surface area contributed by atoms with Gasteiger partial charge >= 0.3 is 12.1 Å². The number of carbonyl (C=O) groups excluding carboxylic acids is 4. The quantitative estimate of drug-likeness (QED) is 0.610. The van der Waals surface area contributed by atoms with Gasteiger partial charge in [-0.2, -0.15) is 0 Å². The van der Waals surface area contributed by atoms with Crippen molar-refractivity contribution in [3.63, 3.8) is 0 Å². The lowest BCUT2D eigenvalue weighted by molar-refractivity contribution is -0.146. The van der Waals surface area contributed by atoms with Crippen LogP contribution in [-0.2, 0) is 19.1 Å². The molecule has 0 aliphatic carbocycles. The van der Waals surface area contributed by atoms with Gasteiger partial charge in [0.2, 0.25) is 5.91 Å². The van der Waals surface area contributed by atoms with Gasteiger partial charge in [0, 0.05) is 50.4 Å². The first-order valence-electron chi connectivity index (χ1n) is 11.6. The first-order chi connectivity index (χ1) is 16.4. The average Bonchev–Trinajstić information content (AvgIpc) is 2.80. The Morgan fingerprint density at radius 2 is 1.77 bits per heavy atom. The minimum Gasteiger partial charge on any atom is -0.467 e. The maximum Gasteiger partial charge on any atom is 0.410 e. The van der Waals surface area contributed by atoms with Crippen molar-refractivity contribution in [2.45, 2.75) is 45.3 Å². The molecule has 1 aromatic carbocycles. The van der Waals surface area contributed by atoms with Crippen LogP contribution in [0.5, 0.6) is 0 Å². The van der Waals surface area contributed by atoms with Gasteiger partial charge in [-0.1, -0.05) is 6.58 Å². The fourth-order valence-electron chi connectivity index (χ4n) is 4.27. The predicted molar refractivity (Wildman–Crippen MR) is 131 cm³/mol. The van der Waals surface area contributed by atoms with Crippen LogP contribution in [0.2, 0.25) is 0 Å². The van der Waals surface area contributed by atoms with E-state index in [1.165, 1.54) is 12.0 Å². The second kappa shape index (κ2) is 10.4. The van der Waals surface area contributed by atoms with E-state index < -0.39 is 23.5 Å². The molecule has 1 unspecified atom stereocenters. The van der Waals surface area contributed by atoms with Crippen LogP contribution in [0.3, 0.4) is 0 Å². The molecule has 0 radical (unpaired) electrons. The molecule has 35 heavy (non-hydrogen) atoms. The number of benzene rings is 1. The van der Waals surface area contributed by atoms with E-state index in [1.807, 2.05) is 32.9 Å².